The van der Waals surface area contributed by atoms with Gasteiger partial charge in [0.2, 0.25) is 0 Å². The van der Waals surface area contributed by atoms with Gasteiger partial charge in [-0.1, -0.05) is 11.8 Å². The highest BCUT2D eigenvalue weighted by Crippen LogP contribution is 2.14. The molecule has 1 aromatic carbocycles. The lowest BCUT2D eigenvalue weighted by Crippen LogP contribution is -2.36. The van der Waals surface area contributed by atoms with Crippen molar-refractivity contribution in [2.45, 2.75) is 11.8 Å². The maximum atomic E-state index is 11.9. The highest BCUT2D eigenvalue weighted by atomic mass is 32.2. The molecular formula is C12H16N2O3S. The van der Waals surface area contributed by atoms with Gasteiger partial charge in [0.25, 0.3) is 10.0 Å². The van der Waals surface area contributed by atoms with Gasteiger partial charge in [-0.3, -0.25) is 0 Å². The van der Waals surface area contributed by atoms with E-state index in [0.29, 0.717) is 5.56 Å². The van der Waals surface area contributed by atoms with Crippen LogP contribution in [-0.4, -0.2) is 39.2 Å². The second kappa shape index (κ2) is 5.98. The molecule has 0 heterocycles. The van der Waals surface area contributed by atoms with Gasteiger partial charge in [0.05, 0.1) is 4.90 Å². The summed E-state index contributed by atoms with van der Waals surface area (Å²) < 4.78 is 23.8. The van der Waals surface area contributed by atoms with Gasteiger partial charge < -0.3 is 5.11 Å². The monoisotopic (exact) mass is 268 g/mol. The van der Waals surface area contributed by atoms with Crippen molar-refractivity contribution in [3.05, 3.63) is 29.3 Å². The molecule has 0 aliphatic rings. The average molecular weight is 268 g/mol. The van der Waals surface area contributed by atoms with E-state index in [1.165, 1.54) is 11.1 Å². The molecule has 0 unspecified atom stereocenters. The average Bonchev–Trinajstić information content (AvgIpc) is 2.25. The molecule has 18 heavy (non-hydrogen) atoms. The Balaban J connectivity index is 3.12. The summed E-state index contributed by atoms with van der Waals surface area (Å²) >= 11 is 0. The van der Waals surface area contributed by atoms with Crippen molar-refractivity contribution >= 4 is 10.0 Å². The third kappa shape index (κ3) is 3.82. The zero-order valence-electron chi connectivity index (χ0n) is 10.6. The predicted octanol–water partition coefficient (Wildman–Crippen LogP) is 0.0937. The zero-order chi connectivity index (χ0) is 13.8. The summed E-state index contributed by atoms with van der Waals surface area (Å²) in [5.41, 5.74) is 1.45. The first-order valence-corrected chi connectivity index (χ1v) is 6.75. The van der Waals surface area contributed by atoms with Crippen molar-refractivity contribution < 1.29 is 13.5 Å². The normalized spacial score (nSPS) is 11.2. The highest BCUT2D eigenvalue weighted by molar-refractivity contribution is 7.89. The first-order chi connectivity index (χ1) is 8.36. The van der Waals surface area contributed by atoms with Crippen molar-refractivity contribution in [2.24, 2.45) is 0 Å². The number of rotatable bonds is 3. The van der Waals surface area contributed by atoms with Gasteiger partial charge in [0, 0.05) is 19.7 Å². The van der Waals surface area contributed by atoms with Crippen LogP contribution in [0.2, 0.25) is 0 Å². The summed E-state index contributed by atoms with van der Waals surface area (Å²) in [6.45, 7) is 1.55. The largest absolute Gasteiger partial charge is 0.384 e. The van der Waals surface area contributed by atoms with Gasteiger partial charge in [-0.2, -0.15) is 0 Å². The third-order valence-electron chi connectivity index (χ3n) is 2.11. The van der Waals surface area contributed by atoms with Crippen LogP contribution in [0, 0.1) is 18.8 Å². The minimum Gasteiger partial charge on any atom is -0.384 e. The van der Waals surface area contributed by atoms with Crippen molar-refractivity contribution in [1.82, 2.24) is 9.84 Å². The number of nitrogens with one attached hydrogen (secondary N) is 1. The van der Waals surface area contributed by atoms with E-state index in [0.717, 1.165) is 5.56 Å². The fourth-order valence-electron chi connectivity index (χ4n) is 1.37. The minimum atomic E-state index is -3.54. The SMILES string of the molecule is Cc1cc(S(=O)(=O)NN(C)C)ccc1C#CCO. The van der Waals surface area contributed by atoms with E-state index >= 15 is 0 Å². The van der Waals surface area contributed by atoms with Crippen molar-refractivity contribution in [3.63, 3.8) is 0 Å². The molecule has 6 heteroatoms. The minimum absolute atomic E-state index is 0.184. The number of sulfonamides is 1. The van der Waals surface area contributed by atoms with Crippen molar-refractivity contribution in [3.8, 4) is 11.8 Å². The number of aliphatic hydroxyl groups excluding tert-OH is 1. The molecule has 0 atom stereocenters. The molecule has 5 nitrogen and oxygen atoms in total. The van der Waals surface area contributed by atoms with Gasteiger partial charge in [0.1, 0.15) is 6.61 Å². The molecule has 0 aliphatic heterocycles. The summed E-state index contributed by atoms with van der Waals surface area (Å²) in [6.07, 6.45) is 0. The summed E-state index contributed by atoms with van der Waals surface area (Å²) in [5, 5.41) is 9.98. The van der Waals surface area contributed by atoms with Crippen LogP contribution in [-0.2, 0) is 10.0 Å². The van der Waals surface area contributed by atoms with E-state index in [4.69, 9.17) is 5.11 Å². The molecule has 0 bridgehead atoms. The van der Waals surface area contributed by atoms with Crippen LogP contribution >= 0.6 is 0 Å². The van der Waals surface area contributed by atoms with Crippen LogP contribution in [0.3, 0.4) is 0 Å². The summed E-state index contributed by atoms with van der Waals surface area (Å²) in [5.74, 6) is 5.28. The molecule has 0 saturated heterocycles. The highest BCUT2D eigenvalue weighted by Gasteiger charge is 2.15. The zero-order valence-corrected chi connectivity index (χ0v) is 11.4. The standard InChI is InChI=1S/C12H16N2O3S/c1-10-9-12(18(16,17)13-14(2)3)7-6-11(10)5-4-8-15/h6-7,9,13,15H,8H2,1-3H3. The smallest absolute Gasteiger partial charge is 0.253 e. The van der Waals surface area contributed by atoms with Crippen LogP contribution < -0.4 is 4.83 Å². The summed E-state index contributed by atoms with van der Waals surface area (Å²) in [6, 6.07) is 4.66. The molecule has 0 radical (unpaired) electrons. The Hall–Kier alpha value is -1.39. The fraction of sp³-hybridized carbons (Fsp3) is 0.333. The number of aliphatic hydroxyl groups is 1. The summed E-state index contributed by atoms with van der Waals surface area (Å²) in [7, 11) is -0.336. The van der Waals surface area contributed by atoms with Crippen LogP contribution in [0.25, 0.3) is 0 Å². The van der Waals surface area contributed by atoms with Gasteiger partial charge in [0.15, 0.2) is 0 Å². The Kier molecular flexibility index (Phi) is 4.87. The van der Waals surface area contributed by atoms with Crippen molar-refractivity contribution in [2.75, 3.05) is 20.7 Å². The first-order valence-electron chi connectivity index (χ1n) is 5.27. The number of hydrogen-bond acceptors (Lipinski definition) is 4. The molecule has 0 amide bonds. The van der Waals surface area contributed by atoms with E-state index in [1.807, 2.05) is 0 Å². The van der Waals surface area contributed by atoms with Gasteiger partial charge >= 0.3 is 0 Å². The van der Waals surface area contributed by atoms with Gasteiger partial charge in [-0.05, 0) is 30.7 Å². The quantitative estimate of drug-likeness (QED) is 0.602. The number of hydrogen-bond donors (Lipinski definition) is 2. The van der Waals surface area contributed by atoms with Gasteiger partial charge in [-0.15, -0.1) is 4.83 Å². The summed E-state index contributed by atoms with van der Waals surface area (Å²) in [4.78, 5) is 2.54. The number of hydrazine groups is 1. The lowest BCUT2D eigenvalue weighted by molar-refractivity contribution is 0.350. The second-order valence-corrected chi connectivity index (χ2v) is 5.59. The topological polar surface area (TPSA) is 69.6 Å². The van der Waals surface area contributed by atoms with E-state index < -0.39 is 10.0 Å². The first kappa shape index (κ1) is 14.7. The maximum Gasteiger partial charge on any atom is 0.253 e. The molecular weight excluding hydrogens is 252 g/mol. The molecule has 1 rings (SSSR count). The van der Waals surface area contributed by atoms with Gasteiger partial charge in [-0.25, -0.2) is 13.4 Å². The van der Waals surface area contributed by atoms with Crippen LogP contribution in [0.5, 0.6) is 0 Å². The van der Waals surface area contributed by atoms with E-state index in [2.05, 4.69) is 16.7 Å². The Bertz CT molecular complexity index is 583. The lowest BCUT2D eigenvalue weighted by Gasteiger charge is -2.13. The molecule has 98 valence electrons. The maximum absolute atomic E-state index is 11.9. The molecule has 0 aliphatic carbocycles. The van der Waals surface area contributed by atoms with Crippen LogP contribution in [0.4, 0.5) is 0 Å². The van der Waals surface area contributed by atoms with E-state index in [-0.39, 0.29) is 11.5 Å². The third-order valence-corrected chi connectivity index (χ3v) is 3.59. The molecule has 0 spiro atoms. The number of benzene rings is 1. The second-order valence-electron chi connectivity index (χ2n) is 3.93. The molecule has 0 aromatic heterocycles. The Morgan fingerprint density at radius 2 is 2.06 bits per heavy atom. The number of aryl methyl sites for hydroxylation is 1. The Morgan fingerprint density at radius 1 is 1.39 bits per heavy atom. The number of nitrogens with zero attached hydrogens (tertiary/aromatic N) is 1. The van der Waals surface area contributed by atoms with E-state index in [1.54, 1.807) is 33.2 Å². The Morgan fingerprint density at radius 3 is 2.56 bits per heavy atom. The molecule has 0 fully saturated rings. The Labute approximate surface area is 107 Å². The van der Waals surface area contributed by atoms with Crippen LogP contribution in [0.1, 0.15) is 11.1 Å². The predicted molar refractivity (Wildman–Crippen MR) is 69.2 cm³/mol. The fourth-order valence-corrected chi connectivity index (χ4v) is 2.54. The molecule has 1 aromatic rings. The lowest BCUT2D eigenvalue weighted by atomic mass is 10.1. The van der Waals surface area contributed by atoms with Crippen LogP contribution in [0.15, 0.2) is 23.1 Å². The van der Waals surface area contributed by atoms with E-state index in [9.17, 15) is 8.42 Å². The molecule has 2 N–H and O–H groups in total. The molecule has 0 saturated carbocycles. The van der Waals surface area contributed by atoms with Crippen molar-refractivity contribution in [1.29, 1.82) is 0 Å².